The summed E-state index contributed by atoms with van der Waals surface area (Å²) in [6, 6.07) is 10.1. The minimum absolute atomic E-state index is 0.355. The van der Waals surface area contributed by atoms with E-state index in [1.807, 2.05) is 24.3 Å². The van der Waals surface area contributed by atoms with Crippen molar-refractivity contribution in [3.8, 4) is 17.6 Å². The molecule has 1 aliphatic carbocycles. The van der Waals surface area contributed by atoms with E-state index >= 15 is 0 Å². The van der Waals surface area contributed by atoms with E-state index in [-0.39, 0.29) is 5.54 Å². The summed E-state index contributed by atoms with van der Waals surface area (Å²) in [5, 5.41) is 12.9. The monoisotopic (exact) mass is 288 g/mol. The van der Waals surface area contributed by atoms with Crippen LogP contribution in [0, 0.1) is 17.2 Å². The summed E-state index contributed by atoms with van der Waals surface area (Å²) in [4.78, 5) is 0. The molecule has 0 radical (unpaired) electrons. The first-order valence-corrected chi connectivity index (χ1v) is 7.67. The van der Waals surface area contributed by atoms with Crippen molar-refractivity contribution in [3.63, 3.8) is 0 Å². The number of ether oxygens (including phenoxy) is 2. The van der Waals surface area contributed by atoms with E-state index in [9.17, 15) is 5.26 Å². The zero-order chi connectivity index (χ0) is 15.1. The molecule has 1 aliphatic rings. The molecule has 0 amide bonds. The minimum atomic E-state index is -0.355. The predicted molar refractivity (Wildman–Crippen MR) is 82.5 cm³/mol. The summed E-state index contributed by atoms with van der Waals surface area (Å²) in [6.07, 6.45) is 4.06. The van der Waals surface area contributed by atoms with Gasteiger partial charge in [0.05, 0.1) is 19.8 Å². The molecule has 4 heteroatoms. The zero-order valence-electron chi connectivity index (χ0n) is 12.9. The summed E-state index contributed by atoms with van der Waals surface area (Å²) in [7, 11) is 1.65. The predicted octanol–water partition coefficient (Wildman–Crippen LogP) is 3.14. The number of nitrogens with zero attached hydrogens (tertiary/aromatic N) is 1. The molecular weight excluding hydrogens is 264 g/mol. The maximum atomic E-state index is 9.53. The average molecular weight is 288 g/mol. The van der Waals surface area contributed by atoms with Gasteiger partial charge in [0.2, 0.25) is 0 Å². The van der Waals surface area contributed by atoms with Crippen molar-refractivity contribution in [3.05, 3.63) is 24.3 Å². The lowest BCUT2D eigenvalue weighted by molar-refractivity contribution is 0.234. The van der Waals surface area contributed by atoms with Gasteiger partial charge in [0.1, 0.15) is 17.0 Å². The van der Waals surface area contributed by atoms with Gasteiger partial charge >= 0.3 is 0 Å². The van der Waals surface area contributed by atoms with Crippen molar-refractivity contribution in [2.24, 2.45) is 5.92 Å². The molecule has 1 aromatic rings. The smallest absolute Gasteiger partial charge is 0.122 e. The molecule has 0 aliphatic heterocycles. The van der Waals surface area contributed by atoms with Gasteiger partial charge in [-0.05, 0) is 43.9 Å². The number of rotatable bonds is 7. The average Bonchev–Trinajstić information content (AvgIpc) is 2.91. The molecule has 0 bridgehead atoms. The van der Waals surface area contributed by atoms with Gasteiger partial charge in [-0.1, -0.05) is 19.4 Å². The Morgan fingerprint density at radius 1 is 1.43 bits per heavy atom. The van der Waals surface area contributed by atoms with Crippen LogP contribution in [0.4, 0.5) is 0 Å². The van der Waals surface area contributed by atoms with E-state index in [2.05, 4.69) is 18.3 Å². The van der Waals surface area contributed by atoms with Crippen molar-refractivity contribution >= 4 is 0 Å². The normalized spacial score (nSPS) is 24.5. The van der Waals surface area contributed by atoms with Gasteiger partial charge in [0, 0.05) is 6.07 Å². The summed E-state index contributed by atoms with van der Waals surface area (Å²) >= 11 is 0. The number of methoxy groups -OCH3 is 1. The topological polar surface area (TPSA) is 54.3 Å². The maximum absolute atomic E-state index is 9.53. The fraction of sp³-hybridized carbons (Fsp3) is 0.588. The van der Waals surface area contributed by atoms with E-state index in [1.165, 1.54) is 0 Å². The molecule has 1 fully saturated rings. The van der Waals surface area contributed by atoms with Crippen LogP contribution in [0.2, 0.25) is 0 Å². The zero-order valence-corrected chi connectivity index (χ0v) is 12.9. The summed E-state index contributed by atoms with van der Waals surface area (Å²) in [5.41, 5.74) is -0.355. The van der Waals surface area contributed by atoms with E-state index in [0.29, 0.717) is 12.5 Å². The van der Waals surface area contributed by atoms with Crippen LogP contribution in [-0.2, 0) is 0 Å². The maximum Gasteiger partial charge on any atom is 0.122 e. The molecule has 2 atom stereocenters. The van der Waals surface area contributed by atoms with Crippen LogP contribution in [0.25, 0.3) is 0 Å². The van der Waals surface area contributed by atoms with Gasteiger partial charge < -0.3 is 9.47 Å². The van der Waals surface area contributed by atoms with Crippen molar-refractivity contribution in [2.45, 2.75) is 38.1 Å². The SMILES string of the molecule is CCNC1(C#N)CCCC1CCOc1cccc(OC)c1. The standard InChI is InChI=1S/C17H24N2O2/c1-3-19-17(13-18)10-5-6-14(17)9-11-21-16-8-4-7-15(12-16)20-2/h4,7-8,12,14,19H,3,5-6,9-11H2,1-2H3. The molecular formula is C17H24N2O2. The minimum Gasteiger partial charge on any atom is -0.497 e. The number of benzene rings is 1. The molecule has 1 N–H and O–H groups in total. The number of nitriles is 1. The van der Waals surface area contributed by atoms with Gasteiger partial charge in [-0.3, -0.25) is 5.32 Å². The largest absolute Gasteiger partial charge is 0.497 e. The fourth-order valence-corrected chi connectivity index (χ4v) is 3.21. The molecule has 1 saturated carbocycles. The Balaban J connectivity index is 1.89. The van der Waals surface area contributed by atoms with Crippen LogP contribution in [-0.4, -0.2) is 25.8 Å². The second-order valence-electron chi connectivity index (χ2n) is 5.52. The van der Waals surface area contributed by atoms with E-state index in [0.717, 1.165) is 43.7 Å². The first-order chi connectivity index (χ1) is 10.2. The van der Waals surface area contributed by atoms with E-state index in [1.54, 1.807) is 7.11 Å². The van der Waals surface area contributed by atoms with Crippen LogP contribution < -0.4 is 14.8 Å². The van der Waals surface area contributed by atoms with Crippen molar-refractivity contribution in [2.75, 3.05) is 20.3 Å². The van der Waals surface area contributed by atoms with Gasteiger partial charge in [0.25, 0.3) is 0 Å². The molecule has 1 aromatic carbocycles. The summed E-state index contributed by atoms with van der Waals surface area (Å²) in [5.74, 6) is 1.99. The van der Waals surface area contributed by atoms with Gasteiger partial charge in [-0.2, -0.15) is 5.26 Å². The van der Waals surface area contributed by atoms with Crippen LogP contribution in [0.1, 0.15) is 32.6 Å². The molecule has 2 rings (SSSR count). The van der Waals surface area contributed by atoms with Crippen molar-refractivity contribution in [1.29, 1.82) is 5.26 Å². The van der Waals surface area contributed by atoms with Crippen LogP contribution >= 0.6 is 0 Å². The third-order valence-electron chi connectivity index (χ3n) is 4.29. The van der Waals surface area contributed by atoms with Gasteiger partial charge in [-0.15, -0.1) is 0 Å². The third-order valence-corrected chi connectivity index (χ3v) is 4.29. The Bertz CT molecular complexity index is 498. The lowest BCUT2D eigenvalue weighted by atomic mass is 9.86. The number of hydrogen-bond acceptors (Lipinski definition) is 4. The molecule has 4 nitrogen and oxygen atoms in total. The first-order valence-electron chi connectivity index (χ1n) is 7.67. The van der Waals surface area contributed by atoms with Crippen molar-refractivity contribution < 1.29 is 9.47 Å². The molecule has 0 spiro atoms. The highest BCUT2D eigenvalue weighted by Gasteiger charge is 2.42. The van der Waals surface area contributed by atoms with E-state index < -0.39 is 0 Å². The fourth-order valence-electron chi connectivity index (χ4n) is 3.21. The number of nitrogens with one attached hydrogen (secondary N) is 1. The second-order valence-corrected chi connectivity index (χ2v) is 5.52. The molecule has 114 valence electrons. The summed E-state index contributed by atoms with van der Waals surface area (Å²) in [6.45, 7) is 3.52. The van der Waals surface area contributed by atoms with Crippen molar-refractivity contribution in [1.82, 2.24) is 5.32 Å². The molecule has 2 unspecified atom stereocenters. The molecule has 21 heavy (non-hydrogen) atoms. The highest BCUT2D eigenvalue weighted by Crippen LogP contribution is 2.37. The van der Waals surface area contributed by atoms with E-state index in [4.69, 9.17) is 9.47 Å². The van der Waals surface area contributed by atoms with Gasteiger partial charge in [0.15, 0.2) is 0 Å². The Morgan fingerprint density at radius 2 is 2.24 bits per heavy atom. The third kappa shape index (κ3) is 3.68. The summed E-state index contributed by atoms with van der Waals surface area (Å²) < 4.78 is 11.0. The molecule has 0 saturated heterocycles. The first kappa shape index (κ1) is 15.7. The highest BCUT2D eigenvalue weighted by molar-refractivity contribution is 5.32. The Hall–Kier alpha value is -1.73. The quantitative estimate of drug-likeness (QED) is 0.837. The molecule has 0 heterocycles. The van der Waals surface area contributed by atoms with Crippen LogP contribution in [0.5, 0.6) is 11.5 Å². The second kappa shape index (κ2) is 7.33. The Kier molecular flexibility index (Phi) is 5.46. The highest BCUT2D eigenvalue weighted by atomic mass is 16.5. The lowest BCUT2D eigenvalue weighted by Gasteiger charge is -2.29. The number of hydrogen-bond donors (Lipinski definition) is 1. The van der Waals surface area contributed by atoms with Crippen LogP contribution in [0.3, 0.4) is 0 Å². The lowest BCUT2D eigenvalue weighted by Crippen LogP contribution is -2.47. The van der Waals surface area contributed by atoms with Gasteiger partial charge in [-0.25, -0.2) is 0 Å². The Morgan fingerprint density at radius 3 is 2.95 bits per heavy atom. The van der Waals surface area contributed by atoms with Crippen LogP contribution in [0.15, 0.2) is 24.3 Å². The molecule has 0 aromatic heterocycles. The Labute approximate surface area is 127 Å².